The van der Waals surface area contributed by atoms with E-state index >= 15 is 0 Å². The molecule has 0 amide bonds. The maximum absolute atomic E-state index is 10.6. The van der Waals surface area contributed by atoms with Gasteiger partial charge < -0.3 is 14.6 Å². The van der Waals surface area contributed by atoms with Crippen LogP contribution in [0.2, 0.25) is 0 Å². The molecule has 1 N–H and O–H groups in total. The summed E-state index contributed by atoms with van der Waals surface area (Å²) in [6, 6.07) is 0. The van der Waals surface area contributed by atoms with Crippen LogP contribution >= 0.6 is 0 Å². The van der Waals surface area contributed by atoms with Crippen LogP contribution in [0.4, 0.5) is 0 Å². The Labute approximate surface area is 111 Å². The maximum Gasteiger partial charge on any atom is 0.157 e. The predicted octanol–water partition coefficient (Wildman–Crippen LogP) is 3.11. The van der Waals surface area contributed by atoms with Gasteiger partial charge in [0.2, 0.25) is 0 Å². The smallest absolute Gasteiger partial charge is 0.157 e. The molecule has 1 atom stereocenters. The Balaban J connectivity index is 1.72. The first-order valence-electron chi connectivity index (χ1n) is 7.58. The number of rotatable bonds is 5. The summed E-state index contributed by atoms with van der Waals surface area (Å²) in [5, 5.41) is 10.6. The summed E-state index contributed by atoms with van der Waals surface area (Å²) >= 11 is 0. The third kappa shape index (κ3) is 3.69. The molecule has 0 aromatic rings. The lowest BCUT2D eigenvalue weighted by Gasteiger charge is -2.38. The van der Waals surface area contributed by atoms with Crippen LogP contribution in [0.25, 0.3) is 0 Å². The Bertz CT molecular complexity index is 240. The Morgan fingerprint density at radius 2 is 1.83 bits per heavy atom. The second kappa shape index (κ2) is 6.36. The third-order valence-electron chi connectivity index (χ3n) is 4.95. The fraction of sp³-hybridized carbons (Fsp3) is 1.00. The van der Waals surface area contributed by atoms with Gasteiger partial charge in [-0.2, -0.15) is 0 Å². The minimum absolute atomic E-state index is 0.0682. The van der Waals surface area contributed by atoms with Gasteiger partial charge in [-0.3, -0.25) is 0 Å². The summed E-state index contributed by atoms with van der Waals surface area (Å²) in [5.74, 6) is 1.62. The van der Waals surface area contributed by atoms with Gasteiger partial charge in [-0.05, 0) is 43.9 Å². The summed E-state index contributed by atoms with van der Waals surface area (Å²) in [7, 11) is 0. The standard InChI is InChI=1S/C15H28O3/c1-3-12(2)13-4-7-15(16,8-5-13)9-6-14-17-10-11-18-14/h12-14,16H,3-11H2,1-2H3. The number of hydrogen-bond acceptors (Lipinski definition) is 3. The highest BCUT2D eigenvalue weighted by Gasteiger charge is 2.35. The van der Waals surface area contributed by atoms with Crippen LogP contribution in [0.1, 0.15) is 58.8 Å². The zero-order valence-electron chi connectivity index (χ0n) is 11.9. The van der Waals surface area contributed by atoms with Gasteiger partial charge in [0.1, 0.15) is 0 Å². The van der Waals surface area contributed by atoms with Gasteiger partial charge in [0.15, 0.2) is 6.29 Å². The molecule has 106 valence electrons. The van der Waals surface area contributed by atoms with Crippen LogP contribution in [0.5, 0.6) is 0 Å². The van der Waals surface area contributed by atoms with Crippen molar-refractivity contribution in [3.8, 4) is 0 Å². The molecule has 1 aliphatic carbocycles. The van der Waals surface area contributed by atoms with Crippen molar-refractivity contribution in [3.63, 3.8) is 0 Å². The lowest BCUT2D eigenvalue weighted by molar-refractivity contribution is -0.0793. The molecule has 1 aliphatic heterocycles. The molecule has 2 aliphatic rings. The molecule has 3 nitrogen and oxygen atoms in total. The Morgan fingerprint density at radius 3 is 2.39 bits per heavy atom. The van der Waals surface area contributed by atoms with Crippen LogP contribution in [0.3, 0.4) is 0 Å². The average molecular weight is 256 g/mol. The fourth-order valence-electron chi connectivity index (χ4n) is 3.29. The lowest BCUT2D eigenvalue weighted by atomic mass is 9.72. The van der Waals surface area contributed by atoms with Gasteiger partial charge in [-0.1, -0.05) is 20.3 Å². The molecule has 0 bridgehead atoms. The molecular weight excluding hydrogens is 228 g/mol. The SMILES string of the molecule is CCC(C)C1CCC(O)(CCC2OCCO2)CC1. The molecule has 1 heterocycles. The van der Waals surface area contributed by atoms with Gasteiger partial charge in [0.25, 0.3) is 0 Å². The molecule has 1 unspecified atom stereocenters. The summed E-state index contributed by atoms with van der Waals surface area (Å²) in [4.78, 5) is 0. The molecule has 2 rings (SSSR count). The minimum atomic E-state index is -0.459. The first-order chi connectivity index (χ1) is 8.63. The van der Waals surface area contributed by atoms with E-state index < -0.39 is 5.60 Å². The van der Waals surface area contributed by atoms with Gasteiger partial charge in [-0.25, -0.2) is 0 Å². The second-order valence-corrected chi connectivity index (χ2v) is 6.16. The highest BCUT2D eigenvalue weighted by atomic mass is 16.7. The van der Waals surface area contributed by atoms with Gasteiger partial charge in [0, 0.05) is 6.42 Å². The van der Waals surface area contributed by atoms with Crippen LogP contribution in [-0.4, -0.2) is 30.2 Å². The Hall–Kier alpha value is -0.120. The number of ether oxygens (including phenoxy) is 2. The Morgan fingerprint density at radius 1 is 1.22 bits per heavy atom. The Kier molecular flexibility index (Phi) is 5.05. The first-order valence-corrected chi connectivity index (χ1v) is 7.58. The van der Waals surface area contributed by atoms with Gasteiger partial charge >= 0.3 is 0 Å². The second-order valence-electron chi connectivity index (χ2n) is 6.16. The summed E-state index contributed by atoms with van der Waals surface area (Å²) < 4.78 is 10.9. The van der Waals surface area contributed by atoms with Crippen molar-refractivity contribution in [2.45, 2.75) is 70.7 Å². The van der Waals surface area contributed by atoms with Crippen LogP contribution in [-0.2, 0) is 9.47 Å². The van der Waals surface area contributed by atoms with Crippen molar-refractivity contribution in [2.24, 2.45) is 11.8 Å². The topological polar surface area (TPSA) is 38.7 Å². The number of aliphatic hydroxyl groups is 1. The third-order valence-corrected chi connectivity index (χ3v) is 4.95. The van der Waals surface area contributed by atoms with Crippen molar-refractivity contribution in [3.05, 3.63) is 0 Å². The minimum Gasteiger partial charge on any atom is -0.390 e. The normalized spacial score (nSPS) is 35.8. The molecule has 0 aromatic heterocycles. The van der Waals surface area contributed by atoms with E-state index in [0.717, 1.165) is 37.5 Å². The average Bonchev–Trinajstić information content (AvgIpc) is 2.90. The van der Waals surface area contributed by atoms with Gasteiger partial charge in [-0.15, -0.1) is 0 Å². The monoisotopic (exact) mass is 256 g/mol. The molecule has 1 saturated heterocycles. The zero-order valence-corrected chi connectivity index (χ0v) is 11.9. The summed E-state index contributed by atoms with van der Waals surface area (Å²) in [6.45, 7) is 6.02. The summed E-state index contributed by atoms with van der Waals surface area (Å²) in [6.07, 6.45) is 7.11. The van der Waals surface area contributed by atoms with Gasteiger partial charge in [0.05, 0.1) is 18.8 Å². The van der Waals surface area contributed by atoms with Crippen molar-refractivity contribution >= 4 is 0 Å². The first kappa shape index (κ1) is 14.3. The van der Waals surface area contributed by atoms with E-state index in [-0.39, 0.29) is 6.29 Å². The van der Waals surface area contributed by atoms with Crippen molar-refractivity contribution in [1.29, 1.82) is 0 Å². The van der Waals surface area contributed by atoms with Crippen LogP contribution in [0, 0.1) is 11.8 Å². The van der Waals surface area contributed by atoms with Crippen molar-refractivity contribution in [2.75, 3.05) is 13.2 Å². The van der Waals surface area contributed by atoms with Crippen molar-refractivity contribution in [1.82, 2.24) is 0 Å². The molecule has 0 aromatic carbocycles. The quantitative estimate of drug-likeness (QED) is 0.821. The molecule has 0 spiro atoms. The van der Waals surface area contributed by atoms with Crippen LogP contribution < -0.4 is 0 Å². The molecule has 18 heavy (non-hydrogen) atoms. The van der Waals surface area contributed by atoms with Crippen molar-refractivity contribution < 1.29 is 14.6 Å². The summed E-state index contributed by atoms with van der Waals surface area (Å²) in [5.41, 5.74) is -0.459. The molecule has 2 fully saturated rings. The van der Waals surface area contributed by atoms with E-state index in [4.69, 9.17) is 9.47 Å². The highest BCUT2D eigenvalue weighted by Crippen LogP contribution is 2.39. The highest BCUT2D eigenvalue weighted by molar-refractivity contribution is 4.87. The zero-order chi connectivity index (χ0) is 13.0. The maximum atomic E-state index is 10.6. The molecule has 1 saturated carbocycles. The van der Waals surface area contributed by atoms with E-state index in [9.17, 15) is 5.11 Å². The van der Waals surface area contributed by atoms with Crippen LogP contribution in [0.15, 0.2) is 0 Å². The van der Waals surface area contributed by atoms with E-state index in [1.54, 1.807) is 0 Å². The number of hydrogen-bond donors (Lipinski definition) is 1. The van der Waals surface area contributed by atoms with E-state index in [1.807, 2.05) is 0 Å². The lowest BCUT2D eigenvalue weighted by Crippen LogP contribution is -2.36. The van der Waals surface area contributed by atoms with E-state index in [1.165, 1.54) is 19.3 Å². The molecule has 0 radical (unpaired) electrons. The van der Waals surface area contributed by atoms with E-state index in [2.05, 4.69) is 13.8 Å². The van der Waals surface area contributed by atoms with E-state index in [0.29, 0.717) is 13.2 Å². The largest absolute Gasteiger partial charge is 0.390 e. The predicted molar refractivity (Wildman–Crippen MR) is 71.3 cm³/mol. The molecule has 3 heteroatoms. The fourth-order valence-corrected chi connectivity index (χ4v) is 3.29. The molecular formula is C15H28O3.